The molecule has 0 radical (unpaired) electrons. The van der Waals surface area contributed by atoms with Gasteiger partial charge in [-0.1, -0.05) is 6.92 Å². The summed E-state index contributed by atoms with van der Waals surface area (Å²) < 4.78 is 85.9. The number of hydrogen-bond acceptors (Lipinski definition) is 2. The molecule has 0 heterocycles. The first-order valence-electron chi connectivity index (χ1n) is 6.06. The molecule has 1 aromatic rings. The van der Waals surface area contributed by atoms with E-state index < -0.39 is 43.9 Å². The monoisotopic (exact) mass is 331 g/mol. The maximum atomic E-state index is 13.6. The Hall–Kier alpha value is -1.22. The van der Waals surface area contributed by atoms with Crippen molar-refractivity contribution in [2.75, 3.05) is 6.54 Å². The van der Waals surface area contributed by atoms with Crippen LogP contribution in [0.25, 0.3) is 0 Å². The fourth-order valence-corrected chi connectivity index (χ4v) is 2.60. The third-order valence-electron chi connectivity index (χ3n) is 2.90. The van der Waals surface area contributed by atoms with E-state index in [-0.39, 0.29) is 12.8 Å². The van der Waals surface area contributed by atoms with Gasteiger partial charge in [0.15, 0.2) is 0 Å². The first-order valence-corrected chi connectivity index (χ1v) is 7.50. The highest BCUT2D eigenvalue weighted by Crippen LogP contribution is 2.29. The summed E-state index contributed by atoms with van der Waals surface area (Å²) in [5, 5.41) is 0. The van der Waals surface area contributed by atoms with Gasteiger partial charge in [-0.3, -0.25) is 0 Å². The van der Waals surface area contributed by atoms with Gasteiger partial charge in [0.1, 0.15) is 5.82 Å². The average molecular weight is 331 g/mol. The quantitative estimate of drug-likeness (QED) is 0.589. The molecule has 0 aliphatic heterocycles. The molecule has 0 aliphatic rings. The molecule has 0 fully saturated rings. The molecule has 3 nitrogen and oxygen atoms in total. The fourth-order valence-electron chi connectivity index (χ4n) is 1.53. The maximum absolute atomic E-state index is 13.6. The van der Waals surface area contributed by atoms with E-state index in [1.165, 1.54) is 0 Å². The van der Waals surface area contributed by atoms with Crippen LogP contribution in [0.15, 0.2) is 29.2 Å². The normalized spacial score (nSPS) is 14.4. The number of benzene rings is 1. The average Bonchev–Trinajstić information content (AvgIpc) is 2.37. The zero-order valence-electron chi connectivity index (χ0n) is 11.1. The van der Waals surface area contributed by atoms with Gasteiger partial charge in [-0.05, 0) is 41.6 Å². The van der Waals surface area contributed by atoms with Gasteiger partial charge >= 0.3 is 6.18 Å². The minimum absolute atomic E-state index is 0.280. The summed E-state index contributed by atoms with van der Waals surface area (Å²) in [7, 11) is -4.47. The number of alkyl halides is 3. The molecule has 9 heteroatoms. The molecule has 1 unspecified atom stereocenters. The van der Waals surface area contributed by atoms with Crippen LogP contribution in [0.3, 0.4) is 0 Å². The van der Waals surface area contributed by atoms with Gasteiger partial charge < -0.3 is 0 Å². The van der Waals surface area contributed by atoms with Crippen LogP contribution in [0.5, 0.6) is 0 Å². The molecule has 0 aromatic heterocycles. The zero-order chi connectivity index (χ0) is 16.3. The van der Waals surface area contributed by atoms with Crippen molar-refractivity contribution in [1.29, 1.82) is 0 Å². The predicted molar refractivity (Wildman–Crippen MR) is 65.9 cm³/mol. The molecule has 1 atom stereocenters. The lowest BCUT2D eigenvalue weighted by molar-refractivity contribution is -0.171. The second-order valence-electron chi connectivity index (χ2n) is 4.56. The van der Waals surface area contributed by atoms with Crippen LogP contribution >= 0.6 is 0 Å². The van der Waals surface area contributed by atoms with Crippen molar-refractivity contribution < 1.29 is 30.5 Å². The number of halogens is 5. The molecular weight excluding hydrogens is 317 g/mol. The van der Waals surface area contributed by atoms with E-state index >= 15 is 0 Å². The molecule has 0 spiro atoms. The van der Waals surface area contributed by atoms with Crippen LogP contribution < -0.4 is 0 Å². The molecule has 1 aromatic carbocycles. The lowest BCUT2D eigenvalue weighted by Gasteiger charge is -2.17. The van der Waals surface area contributed by atoms with Crippen LogP contribution in [0.4, 0.5) is 22.0 Å². The first kappa shape index (κ1) is 17.8. The van der Waals surface area contributed by atoms with Crippen molar-refractivity contribution in [2.24, 2.45) is 5.92 Å². The predicted octanol–water partition coefficient (Wildman–Crippen LogP) is 3.68. The van der Waals surface area contributed by atoms with Gasteiger partial charge in [0.05, 0.1) is 10.8 Å². The Labute approximate surface area is 119 Å². The van der Waals surface area contributed by atoms with Crippen LogP contribution in [0, 0.1) is 11.7 Å². The smallest absolute Gasteiger partial charge is 0.207 e. The summed E-state index contributed by atoms with van der Waals surface area (Å²) in [5.41, 5.74) is 0. The third kappa shape index (κ3) is 4.92. The molecule has 1 rings (SSSR count). The summed E-state index contributed by atoms with van der Waals surface area (Å²) >= 11 is 0. The van der Waals surface area contributed by atoms with E-state index in [0.29, 0.717) is 0 Å². The van der Waals surface area contributed by atoms with Crippen LogP contribution in [-0.4, -0.2) is 25.7 Å². The van der Waals surface area contributed by atoms with Crippen LogP contribution in [0.1, 0.15) is 19.8 Å². The Morgan fingerprint density at radius 1 is 1.19 bits per heavy atom. The van der Waals surface area contributed by atoms with E-state index in [9.17, 15) is 30.5 Å². The van der Waals surface area contributed by atoms with Gasteiger partial charge in [0.25, 0.3) is 10.0 Å². The highest BCUT2D eigenvalue weighted by molar-refractivity contribution is 7.89. The minimum atomic E-state index is -4.47. The van der Waals surface area contributed by atoms with Crippen molar-refractivity contribution >= 4 is 10.0 Å². The van der Waals surface area contributed by atoms with Crippen molar-refractivity contribution in [2.45, 2.75) is 30.8 Å². The number of sulfonamides is 1. The van der Waals surface area contributed by atoms with E-state index in [0.717, 1.165) is 31.2 Å². The second-order valence-corrected chi connectivity index (χ2v) is 6.37. The number of nitrogens with zero attached hydrogens (tertiary/aromatic N) is 1. The second kappa shape index (κ2) is 6.69. The molecule has 0 bridgehead atoms. The van der Waals surface area contributed by atoms with Crippen molar-refractivity contribution in [1.82, 2.24) is 4.53 Å². The lowest BCUT2D eigenvalue weighted by Crippen LogP contribution is -2.26. The van der Waals surface area contributed by atoms with E-state index in [1.807, 2.05) is 0 Å². The number of rotatable bonds is 6. The Morgan fingerprint density at radius 3 is 2.19 bits per heavy atom. The fraction of sp³-hybridized carbons (Fsp3) is 0.500. The number of hydrogen-bond donors (Lipinski definition) is 0. The topological polar surface area (TPSA) is 37.4 Å². The van der Waals surface area contributed by atoms with Gasteiger partial charge in [0.2, 0.25) is 0 Å². The summed E-state index contributed by atoms with van der Waals surface area (Å²) in [6.07, 6.45) is -5.06. The van der Waals surface area contributed by atoms with Gasteiger partial charge in [-0.15, -0.1) is 4.48 Å². The van der Waals surface area contributed by atoms with E-state index in [2.05, 4.69) is 0 Å². The first-order chi connectivity index (χ1) is 9.55. The van der Waals surface area contributed by atoms with Crippen molar-refractivity contribution in [3.8, 4) is 0 Å². The minimum Gasteiger partial charge on any atom is -0.207 e. The maximum Gasteiger partial charge on any atom is 0.391 e. The Balaban J connectivity index is 2.62. The molecule has 0 amide bonds. The largest absolute Gasteiger partial charge is 0.391 e. The Kier molecular flexibility index (Phi) is 5.68. The highest BCUT2D eigenvalue weighted by atomic mass is 32.2. The Bertz CT molecular complexity index is 556. The molecule has 0 N–H and O–H groups in total. The Morgan fingerprint density at radius 2 is 1.71 bits per heavy atom. The van der Waals surface area contributed by atoms with Crippen molar-refractivity contribution in [3.05, 3.63) is 30.1 Å². The molecule has 120 valence electrons. The van der Waals surface area contributed by atoms with Gasteiger partial charge in [0, 0.05) is 6.54 Å². The van der Waals surface area contributed by atoms with Crippen LogP contribution in [0.2, 0.25) is 0 Å². The SMILES string of the molecule is CC(CCCN(F)S(=O)(=O)c1ccc(F)cc1)C(F)(F)F. The third-order valence-corrected chi connectivity index (χ3v) is 4.47. The summed E-state index contributed by atoms with van der Waals surface area (Å²) in [6, 6.07) is 3.48. The lowest BCUT2D eigenvalue weighted by atomic mass is 10.1. The standard InChI is InChI=1S/C12H14F5NO2S/c1-9(12(14,15)16)3-2-8-18(17)21(19,20)11-6-4-10(13)5-7-11/h4-7,9H,2-3,8H2,1H3. The summed E-state index contributed by atoms with van der Waals surface area (Å²) in [5.74, 6) is -2.32. The molecule has 0 saturated carbocycles. The molecule has 21 heavy (non-hydrogen) atoms. The van der Waals surface area contributed by atoms with Crippen molar-refractivity contribution in [3.63, 3.8) is 0 Å². The van der Waals surface area contributed by atoms with E-state index in [1.54, 1.807) is 0 Å². The molecular formula is C12H14F5NO2S. The van der Waals surface area contributed by atoms with Crippen LogP contribution in [-0.2, 0) is 10.0 Å². The summed E-state index contributed by atoms with van der Waals surface area (Å²) in [6.45, 7) is 0.247. The summed E-state index contributed by atoms with van der Waals surface area (Å²) in [4.78, 5) is -0.463. The van der Waals surface area contributed by atoms with Gasteiger partial charge in [-0.25, -0.2) is 12.8 Å². The molecule has 0 saturated heterocycles. The van der Waals surface area contributed by atoms with Gasteiger partial charge in [-0.2, -0.15) is 13.2 Å². The van der Waals surface area contributed by atoms with E-state index in [4.69, 9.17) is 0 Å². The highest BCUT2D eigenvalue weighted by Gasteiger charge is 2.35. The molecule has 0 aliphatic carbocycles. The zero-order valence-corrected chi connectivity index (χ0v) is 11.9.